The van der Waals surface area contributed by atoms with Crippen LogP contribution >= 0.6 is 17.0 Å². The Morgan fingerprint density at radius 3 is 2.72 bits per heavy atom. The zero-order valence-corrected chi connectivity index (χ0v) is 16.4. The summed E-state index contributed by atoms with van der Waals surface area (Å²) in [5, 5.41) is 10.5. The molecule has 1 N–H and O–H groups in total. The molecule has 1 aliphatic carbocycles. The van der Waals surface area contributed by atoms with E-state index in [2.05, 4.69) is 49.3 Å². The van der Waals surface area contributed by atoms with Crippen molar-refractivity contribution in [3.05, 3.63) is 77.8 Å². The number of nitrogens with zero attached hydrogens (tertiary/aromatic N) is 1. The Labute approximate surface area is 159 Å². The van der Waals surface area contributed by atoms with E-state index in [4.69, 9.17) is 0 Å². The number of rotatable bonds is 4. The summed E-state index contributed by atoms with van der Waals surface area (Å²) in [5.74, 6) is -0.0168. The van der Waals surface area contributed by atoms with Crippen LogP contribution in [0.2, 0.25) is 0 Å². The number of phenolic OH excluding ortho intramolecular Hbond substituents is 1. The van der Waals surface area contributed by atoms with Crippen molar-refractivity contribution in [2.24, 2.45) is 5.92 Å². The average Bonchev–Trinajstić information content (AvgIpc) is 2.63. The molecule has 1 aliphatic heterocycles. The third kappa shape index (κ3) is 3.45. The Bertz CT molecular complexity index is 737. The maximum absolute atomic E-state index is 14.0. The van der Waals surface area contributed by atoms with Crippen LogP contribution in [0.25, 0.3) is 0 Å². The first-order valence-corrected chi connectivity index (χ1v) is 8.59. The maximum atomic E-state index is 14.0. The van der Waals surface area contributed by atoms with Crippen LogP contribution in [0, 0.1) is 11.7 Å². The number of aromatic hydroxyl groups is 1. The molecular weight excluding hydrogens is 381 g/mol. The summed E-state index contributed by atoms with van der Waals surface area (Å²) in [5.41, 5.74) is 1.21. The molecule has 25 heavy (non-hydrogen) atoms. The second-order valence-electron chi connectivity index (χ2n) is 6.35. The van der Waals surface area contributed by atoms with Gasteiger partial charge in [-0.1, -0.05) is 37.3 Å². The van der Waals surface area contributed by atoms with Crippen LogP contribution in [-0.4, -0.2) is 23.1 Å². The molecule has 0 amide bonds. The van der Waals surface area contributed by atoms with E-state index in [1.54, 1.807) is 0 Å². The van der Waals surface area contributed by atoms with Gasteiger partial charge in [-0.2, -0.15) is 0 Å². The fraction of sp³-hybridized carbons (Fsp3) is 0.333. The summed E-state index contributed by atoms with van der Waals surface area (Å²) in [6.45, 7) is 6.03. The number of hydrogen-bond acceptors (Lipinski definition) is 2. The Kier molecular flexibility index (Phi) is 6.28. The zero-order valence-electron chi connectivity index (χ0n) is 14.7. The van der Waals surface area contributed by atoms with Gasteiger partial charge in [0.2, 0.25) is 0 Å². The molecule has 0 saturated carbocycles. The van der Waals surface area contributed by atoms with E-state index >= 15 is 0 Å². The highest BCUT2D eigenvalue weighted by Crippen LogP contribution is 2.49. The van der Waals surface area contributed by atoms with Crippen molar-refractivity contribution >= 4 is 17.0 Å². The summed E-state index contributed by atoms with van der Waals surface area (Å²) in [6.07, 6.45) is 15.6. The summed E-state index contributed by atoms with van der Waals surface area (Å²) in [6, 6.07) is 4.24. The largest absolute Gasteiger partial charge is 0.508 e. The quantitative estimate of drug-likeness (QED) is 0.736. The Balaban J connectivity index is 0.00000225. The highest BCUT2D eigenvalue weighted by molar-refractivity contribution is 8.93. The minimum absolute atomic E-state index is 0. The molecule has 0 radical (unpaired) electrons. The van der Waals surface area contributed by atoms with Gasteiger partial charge in [0.1, 0.15) is 11.6 Å². The predicted octanol–water partition coefficient (Wildman–Crippen LogP) is 5.27. The van der Waals surface area contributed by atoms with Gasteiger partial charge in [0.05, 0.1) is 0 Å². The smallest absolute Gasteiger partial charge is 0.123 e. The zero-order chi connectivity index (χ0) is 17.2. The molecule has 4 heteroatoms. The van der Waals surface area contributed by atoms with Crippen LogP contribution in [0.1, 0.15) is 25.8 Å². The molecule has 0 spiro atoms. The van der Waals surface area contributed by atoms with Gasteiger partial charge < -0.3 is 10.0 Å². The summed E-state index contributed by atoms with van der Waals surface area (Å²) in [7, 11) is 0. The Morgan fingerprint density at radius 1 is 1.28 bits per heavy atom. The van der Waals surface area contributed by atoms with Gasteiger partial charge in [-0.05, 0) is 55.3 Å². The second kappa shape index (κ2) is 8.05. The van der Waals surface area contributed by atoms with Crippen LogP contribution in [0.3, 0.4) is 0 Å². The van der Waals surface area contributed by atoms with Gasteiger partial charge in [-0.15, -0.1) is 17.0 Å². The van der Waals surface area contributed by atoms with E-state index in [9.17, 15) is 9.50 Å². The highest BCUT2D eigenvalue weighted by Gasteiger charge is 2.42. The van der Waals surface area contributed by atoms with E-state index in [0.717, 1.165) is 25.1 Å². The van der Waals surface area contributed by atoms with Crippen LogP contribution in [-0.2, 0) is 5.41 Å². The molecule has 0 bridgehead atoms. The third-order valence-corrected chi connectivity index (χ3v) is 5.14. The van der Waals surface area contributed by atoms with Crippen molar-refractivity contribution in [3.8, 4) is 5.75 Å². The first kappa shape index (κ1) is 19.5. The molecule has 2 atom stereocenters. The van der Waals surface area contributed by atoms with Gasteiger partial charge in [0.15, 0.2) is 0 Å². The minimum Gasteiger partial charge on any atom is -0.508 e. The van der Waals surface area contributed by atoms with Crippen molar-refractivity contribution < 1.29 is 9.50 Å². The number of hydrogen-bond donors (Lipinski definition) is 1. The number of benzene rings is 1. The molecule has 1 aromatic rings. The lowest BCUT2D eigenvalue weighted by Crippen LogP contribution is -2.37. The summed E-state index contributed by atoms with van der Waals surface area (Å²) >= 11 is 0. The fourth-order valence-electron chi connectivity index (χ4n) is 3.81. The van der Waals surface area contributed by atoms with Gasteiger partial charge in [0, 0.05) is 24.1 Å². The average molecular weight is 406 g/mol. The number of phenols is 1. The molecule has 1 heterocycles. The standard InChI is InChI=1S/C21H24FNO.BrH/c1-3-16-7-5-6-12-21(16,17-10-13-23(4-2)14-11-17)19-15-18(22)8-9-20(19)24;/h5-13,15-16,24H,3-4,14H2,1-2H3;1H. The lowest BCUT2D eigenvalue weighted by Gasteiger charge is -2.42. The van der Waals surface area contributed by atoms with Crippen molar-refractivity contribution in [2.45, 2.75) is 25.7 Å². The fourth-order valence-corrected chi connectivity index (χ4v) is 3.81. The SMILES string of the molecule is Br.CCC1C=CC=CC1(C1=CCN(CC)C=C1)c1cc(F)ccc1O. The molecule has 2 unspecified atom stereocenters. The van der Waals surface area contributed by atoms with E-state index in [1.165, 1.54) is 18.2 Å². The molecule has 2 aliphatic rings. The van der Waals surface area contributed by atoms with Crippen molar-refractivity contribution in [3.63, 3.8) is 0 Å². The normalized spacial score (nSPS) is 24.8. The lowest BCUT2D eigenvalue weighted by atomic mass is 9.62. The molecule has 3 rings (SSSR count). The van der Waals surface area contributed by atoms with E-state index in [0.29, 0.717) is 5.56 Å². The van der Waals surface area contributed by atoms with E-state index < -0.39 is 5.41 Å². The van der Waals surface area contributed by atoms with Crippen LogP contribution in [0.5, 0.6) is 5.75 Å². The molecule has 2 nitrogen and oxygen atoms in total. The first-order chi connectivity index (χ1) is 11.6. The number of likely N-dealkylation sites (N-methyl/N-ethyl adjacent to an activating group) is 1. The van der Waals surface area contributed by atoms with Crippen molar-refractivity contribution in [1.29, 1.82) is 0 Å². The van der Waals surface area contributed by atoms with Gasteiger partial charge in [-0.25, -0.2) is 4.39 Å². The van der Waals surface area contributed by atoms with Gasteiger partial charge in [-0.3, -0.25) is 0 Å². The van der Waals surface area contributed by atoms with E-state index in [-0.39, 0.29) is 34.5 Å². The monoisotopic (exact) mass is 405 g/mol. The number of allylic oxidation sites excluding steroid dienone is 6. The topological polar surface area (TPSA) is 23.5 Å². The first-order valence-electron chi connectivity index (χ1n) is 8.59. The Morgan fingerprint density at radius 2 is 2.08 bits per heavy atom. The molecule has 0 aromatic heterocycles. The van der Waals surface area contributed by atoms with Crippen LogP contribution in [0.4, 0.5) is 4.39 Å². The Hall–Kier alpha value is -1.81. The predicted molar refractivity (Wildman–Crippen MR) is 107 cm³/mol. The molecule has 0 fully saturated rings. The molecule has 1 aromatic carbocycles. The molecule has 134 valence electrons. The van der Waals surface area contributed by atoms with Gasteiger partial charge >= 0.3 is 0 Å². The number of halogens is 2. The van der Waals surface area contributed by atoms with Crippen LogP contribution < -0.4 is 0 Å². The summed E-state index contributed by atoms with van der Waals surface area (Å²) < 4.78 is 14.0. The summed E-state index contributed by atoms with van der Waals surface area (Å²) in [4.78, 5) is 2.21. The van der Waals surface area contributed by atoms with Gasteiger partial charge in [0.25, 0.3) is 0 Å². The van der Waals surface area contributed by atoms with E-state index in [1.807, 2.05) is 12.2 Å². The highest BCUT2D eigenvalue weighted by atomic mass is 79.9. The second-order valence-corrected chi connectivity index (χ2v) is 6.35. The maximum Gasteiger partial charge on any atom is 0.123 e. The van der Waals surface area contributed by atoms with Crippen LogP contribution in [0.15, 0.2) is 66.4 Å². The van der Waals surface area contributed by atoms with Crippen molar-refractivity contribution in [2.75, 3.05) is 13.1 Å². The minimum atomic E-state index is -0.536. The molecular formula is C21H25BrFNO. The third-order valence-electron chi connectivity index (χ3n) is 5.14. The molecule has 0 saturated heterocycles. The van der Waals surface area contributed by atoms with Crippen molar-refractivity contribution in [1.82, 2.24) is 4.90 Å². The lowest BCUT2D eigenvalue weighted by molar-refractivity contribution is 0.389.